The topological polar surface area (TPSA) is 62.6 Å². The second-order valence-corrected chi connectivity index (χ2v) is 11.8. The molecule has 0 aliphatic carbocycles. The van der Waals surface area contributed by atoms with Crippen LogP contribution in [-0.2, 0) is 11.3 Å². The second-order valence-electron chi connectivity index (χ2n) is 11.8. The molecule has 214 valence electrons. The Morgan fingerprint density at radius 3 is 2.32 bits per heavy atom. The van der Waals surface area contributed by atoms with Crippen LogP contribution < -0.4 is 5.32 Å². The molecule has 0 bridgehead atoms. The second kappa shape index (κ2) is 16.1. The number of likely N-dealkylation sites (tertiary alicyclic amines) is 1. The van der Waals surface area contributed by atoms with Gasteiger partial charge in [-0.15, -0.1) is 0 Å². The largest absolute Gasteiger partial charge is 0.385 e. The molecule has 1 aromatic carbocycles. The minimum atomic E-state index is 0.139. The van der Waals surface area contributed by atoms with Gasteiger partial charge in [0.2, 0.25) is 5.95 Å². The van der Waals surface area contributed by atoms with E-state index in [-0.39, 0.29) is 5.91 Å². The molecule has 3 rings (SSSR count). The quantitative estimate of drug-likeness (QED) is 0.260. The van der Waals surface area contributed by atoms with Crippen LogP contribution >= 0.6 is 0 Å². The number of methoxy groups -OCH3 is 1. The number of aryl methyl sites for hydroxylation is 1. The number of nitrogens with one attached hydrogen (secondary N) is 1. The molecule has 1 saturated heterocycles. The van der Waals surface area contributed by atoms with Crippen LogP contribution in [0.3, 0.4) is 0 Å². The fourth-order valence-electron chi connectivity index (χ4n) is 5.17. The van der Waals surface area contributed by atoms with E-state index in [1.165, 1.54) is 38.8 Å². The van der Waals surface area contributed by atoms with Gasteiger partial charge >= 0.3 is 0 Å². The first kappa shape index (κ1) is 30.4. The number of hydrogen-bond donors (Lipinski definition) is 1. The van der Waals surface area contributed by atoms with Gasteiger partial charge in [0.25, 0.3) is 5.91 Å². The standard InChI is InChI=1S/C31H53N5O2/c1-25(2)14-21-35(22-15-26(3)4)30(37)27-12-13-28-29(24-27)36(31(33-28)32-16-10-23-38-5)20-11-19-34-17-8-6-7-9-18-34/h12-13,24-26H,6-11,14-23H2,1-5H3,(H,32,33). The van der Waals surface area contributed by atoms with Crippen molar-refractivity contribution >= 4 is 22.9 Å². The van der Waals surface area contributed by atoms with Crippen molar-refractivity contribution in [3.8, 4) is 0 Å². The Hall–Kier alpha value is -2.12. The molecular formula is C31H53N5O2. The fourth-order valence-corrected chi connectivity index (χ4v) is 5.17. The van der Waals surface area contributed by atoms with E-state index in [0.717, 1.165) is 87.6 Å². The zero-order chi connectivity index (χ0) is 27.3. The summed E-state index contributed by atoms with van der Waals surface area (Å²) in [5, 5.41) is 3.54. The number of carbonyl (C=O) groups excluding carboxylic acids is 1. The van der Waals surface area contributed by atoms with Crippen molar-refractivity contribution in [1.29, 1.82) is 0 Å². The molecule has 2 aromatic rings. The lowest BCUT2D eigenvalue weighted by molar-refractivity contribution is 0.0741. The molecule has 1 aromatic heterocycles. The molecule has 7 nitrogen and oxygen atoms in total. The maximum absolute atomic E-state index is 13.7. The summed E-state index contributed by atoms with van der Waals surface area (Å²) in [6, 6.07) is 6.07. The number of anilines is 1. The van der Waals surface area contributed by atoms with Crippen LogP contribution in [0.15, 0.2) is 18.2 Å². The van der Waals surface area contributed by atoms with Crippen LogP contribution in [0, 0.1) is 11.8 Å². The third-order valence-electron chi connectivity index (χ3n) is 7.60. The van der Waals surface area contributed by atoms with E-state index in [9.17, 15) is 4.79 Å². The van der Waals surface area contributed by atoms with Crippen LogP contribution in [0.2, 0.25) is 0 Å². The molecule has 0 radical (unpaired) electrons. The van der Waals surface area contributed by atoms with Gasteiger partial charge in [0.05, 0.1) is 11.0 Å². The maximum Gasteiger partial charge on any atom is 0.253 e. The Bertz CT molecular complexity index is 951. The minimum Gasteiger partial charge on any atom is -0.385 e. The van der Waals surface area contributed by atoms with E-state index >= 15 is 0 Å². The van der Waals surface area contributed by atoms with Crippen molar-refractivity contribution in [3.05, 3.63) is 23.8 Å². The zero-order valence-electron chi connectivity index (χ0n) is 24.8. The number of imidazole rings is 1. The van der Waals surface area contributed by atoms with Crippen molar-refractivity contribution in [3.63, 3.8) is 0 Å². The average Bonchev–Trinajstić information content (AvgIpc) is 3.03. The number of aromatic nitrogens is 2. The first-order valence-corrected chi connectivity index (χ1v) is 15.1. The molecule has 0 atom stereocenters. The molecule has 1 N–H and O–H groups in total. The highest BCUT2D eigenvalue weighted by Gasteiger charge is 2.19. The summed E-state index contributed by atoms with van der Waals surface area (Å²) in [6.45, 7) is 16.5. The van der Waals surface area contributed by atoms with E-state index in [4.69, 9.17) is 9.72 Å². The van der Waals surface area contributed by atoms with Crippen molar-refractivity contribution < 1.29 is 9.53 Å². The molecule has 7 heteroatoms. The number of amides is 1. The van der Waals surface area contributed by atoms with E-state index in [1.807, 2.05) is 12.1 Å². The SMILES string of the molecule is COCCCNc1nc2ccc(C(=O)N(CCC(C)C)CCC(C)C)cc2n1CCCN1CCCCCC1. The van der Waals surface area contributed by atoms with Crippen molar-refractivity contribution in [2.24, 2.45) is 11.8 Å². The van der Waals surface area contributed by atoms with Gasteiger partial charge in [-0.05, 0) is 88.2 Å². The molecule has 1 aliphatic heterocycles. The normalized spacial score (nSPS) is 14.9. The summed E-state index contributed by atoms with van der Waals surface area (Å²) in [7, 11) is 1.74. The summed E-state index contributed by atoms with van der Waals surface area (Å²) in [5.74, 6) is 2.18. The van der Waals surface area contributed by atoms with Crippen LogP contribution in [0.1, 0.15) is 89.4 Å². The smallest absolute Gasteiger partial charge is 0.253 e. The van der Waals surface area contributed by atoms with E-state index in [1.54, 1.807) is 7.11 Å². The minimum absolute atomic E-state index is 0.139. The fraction of sp³-hybridized carbons (Fsp3) is 0.742. The van der Waals surface area contributed by atoms with Gasteiger partial charge in [-0.1, -0.05) is 40.5 Å². The summed E-state index contributed by atoms with van der Waals surface area (Å²) >= 11 is 0. The third kappa shape index (κ3) is 9.57. The van der Waals surface area contributed by atoms with Gasteiger partial charge in [-0.2, -0.15) is 0 Å². The first-order valence-electron chi connectivity index (χ1n) is 15.1. The summed E-state index contributed by atoms with van der Waals surface area (Å²) < 4.78 is 7.52. The predicted octanol–water partition coefficient (Wildman–Crippen LogP) is 6.29. The van der Waals surface area contributed by atoms with Gasteiger partial charge in [0, 0.05) is 45.5 Å². The van der Waals surface area contributed by atoms with Crippen LogP contribution in [0.25, 0.3) is 11.0 Å². The molecule has 0 unspecified atom stereocenters. The Kier molecular flexibility index (Phi) is 12.9. The number of ether oxygens (including phenoxy) is 1. The summed E-state index contributed by atoms with van der Waals surface area (Å²) in [4.78, 5) is 23.3. The Morgan fingerprint density at radius 2 is 1.68 bits per heavy atom. The summed E-state index contributed by atoms with van der Waals surface area (Å²) in [5.41, 5.74) is 2.76. The van der Waals surface area contributed by atoms with Gasteiger partial charge in [0.15, 0.2) is 0 Å². The number of hydrogen-bond acceptors (Lipinski definition) is 5. The summed E-state index contributed by atoms with van der Waals surface area (Å²) in [6.07, 6.45) is 9.40. The van der Waals surface area contributed by atoms with E-state index < -0.39 is 0 Å². The Morgan fingerprint density at radius 1 is 1.00 bits per heavy atom. The lowest BCUT2D eigenvalue weighted by Crippen LogP contribution is -2.34. The maximum atomic E-state index is 13.7. The molecule has 1 fully saturated rings. The number of fused-ring (bicyclic) bond motifs is 1. The molecule has 0 saturated carbocycles. The lowest BCUT2D eigenvalue weighted by atomic mass is 10.1. The third-order valence-corrected chi connectivity index (χ3v) is 7.60. The molecule has 1 aliphatic rings. The van der Waals surface area contributed by atoms with Crippen molar-refractivity contribution in [2.75, 3.05) is 58.3 Å². The van der Waals surface area contributed by atoms with Gasteiger partial charge in [-0.25, -0.2) is 4.98 Å². The van der Waals surface area contributed by atoms with Gasteiger partial charge in [0.1, 0.15) is 0 Å². The van der Waals surface area contributed by atoms with Crippen molar-refractivity contribution in [2.45, 2.75) is 85.6 Å². The van der Waals surface area contributed by atoms with Crippen LogP contribution in [0.5, 0.6) is 0 Å². The number of carbonyl (C=O) groups is 1. The molecule has 38 heavy (non-hydrogen) atoms. The monoisotopic (exact) mass is 527 g/mol. The molecule has 2 heterocycles. The van der Waals surface area contributed by atoms with E-state index in [0.29, 0.717) is 11.8 Å². The lowest BCUT2D eigenvalue weighted by Gasteiger charge is -2.25. The van der Waals surface area contributed by atoms with Crippen LogP contribution in [-0.4, -0.2) is 78.2 Å². The molecule has 1 amide bonds. The number of nitrogens with zero attached hydrogens (tertiary/aromatic N) is 4. The van der Waals surface area contributed by atoms with Crippen molar-refractivity contribution in [1.82, 2.24) is 19.4 Å². The first-order chi connectivity index (χ1) is 18.4. The predicted molar refractivity (Wildman–Crippen MR) is 159 cm³/mol. The number of benzene rings is 1. The highest BCUT2D eigenvalue weighted by atomic mass is 16.5. The Balaban J connectivity index is 1.81. The van der Waals surface area contributed by atoms with E-state index in [2.05, 4.69) is 53.4 Å². The van der Waals surface area contributed by atoms with Crippen LogP contribution in [0.4, 0.5) is 5.95 Å². The van der Waals surface area contributed by atoms with Gasteiger partial charge in [-0.3, -0.25) is 4.79 Å². The highest BCUT2D eigenvalue weighted by molar-refractivity contribution is 5.97. The average molecular weight is 528 g/mol. The number of rotatable bonds is 16. The van der Waals surface area contributed by atoms with Gasteiger partial charge < -0.3 is 24.4 Å². The highest BCUT2D eigenvalue weighted by Crippen LogP contribution is 2.23. The molecular weight excluding hydrogens is 474 g/mol. The Labute approximate surface area is 231 Å². The molecule has 0 spiro atoms. The zero-order valence-corrected chi connectivity index (χ0v) is 24.8.